The Balaban J connectivity index is 2.46. The molecule has 0 spiro atoms. The van der Waals surface area contributed by atoms with Crippen molar-refractivity contribution in [2.75, 3.05) is 17.4 Å². The third-order valence-corrected chi connectivity index (χ3v) is 5.54. The van der Waals surface area contributed by atoms with E-state index in [2.05, 4.69) is 11.9 Å². The lowest BCUT2D eigenvalue weighted by Gasteiger charge is -2.25. The van der Waals surface area contributed by atoms with Gasteiger partial charge in [0, 0.05) is 11.6 Å². The van der Waals surface area contributed by atoms with Crippen molar-refractivity contribution in [2.24, 2.45) is 0 Å². The van der Waals surface area contributed by atoms with E-state index >= 15 is 0 Å². The normalized spacial score (nSPS) is 11.0. The number of sulfonamides is 1. The molecule has 0 aliphatic rings. The van der Waals surface area contributed by atoms with Gasteiger partial charge in [0.15, 0.2) is 0 Å². The molecule has 0 bridgehead atoms. The highest BCUT2D eigenvalue weighted by atomic mass is 35.5. The predicted octanol–water partition coefficient (Wildman–Crippen LogP) is 3.15. The van der Waals surface area contributed by atoms with E-state index < -0.39 is 15.9 Å². The third-order valence-electron chi connectivity index (χ3n) is 3.52. The molecule has 0 aliphatic heterocycles. The van der Waals surface area contributed by atoms with E-state index in [9.17, 15) is 13.2 Å². The Kier molecular flexibility index (Phi) is 6.22. The number of anilines is 1. The minimum Gasteiger partial charge on any atom is -0.351 e. The van der Waals surface area contributed by atoms with Crippen molar-refractivity contribution in [1.82, 2.24) is 5.32 Å². The van der Waals surface area contributed by atoms with E-state index in [-0.39, 0.29) is 18.0 Å². The molecular formula is C18H19ClN2O3S. The predicted molar refractivity (Wildman–Crippen MR) is 100 cm³/mol. The largest absolute Gasteiger partial charge is 0.351 e. The molecule has 1 N–H and O–H groups in total. The average molecular weight is 379 g/mol. The summed E-state index contributed by atoms with van der Waals surface area (Å²) in [5.41, 5.74) is 1.20. The highest BCUT2D eigenvalue weighted by molar-refractivity contribution is 7.92. The number of halogens is 1. The second kappa shape index (κ2) is 8.18. The number of hydrogen-bond acceptors (Lipinski definition) is 3. The SMILES string of the molecule is C=CCNC(=O)CN(c1ccccc1C)S(=O)(=O)c1ccc(Cl)cc1. The molecule has 0 heterocycles. The van der Waals surface area contributed by atoms with Gasteiger partial charge < -0.3 is 5.32 Å². The maximum absolute atomic E-state index is 13.1. The molecule has 5 nitrogen and oxygen atoms in total. The highest BCUT2D eigenvalue weighted by Crippen LogP contribution is 2.27. The zero-order valence-electron chi connectivity index (χ0n) is 13.8. The molecule has 0 saturated carbocycles. The first-order valence-electron chi connectivity index (χ1n) is 7.58. The Morgan fingerprint density at radius 2 is 1.84 bits per heavy atom. The van der Waals surface area contributed by atoms with Gasteiger partial charge in [-0.1, -0.05) is 35.9 Å². The van der Waals surface area contributed by atoms with Crippen LogP contribution in [-0.2, 0) is 14.8 Å². The van der Waals surface area contributed by atoms with Crippen LogP contribution >= 0.6 is 11.6 Å². The average Bonchev–Trinajstić information content (AvgIpc) is 2.59. The number of nitrogens with zero attached hydrogens (tertiary/aromatic N) is 1. The number of benzene rings is 2. The number of nitrogens with one attached hydrogen (secondary N) is 1. The minimum absolute atomic E-state index is 0.0664. The number of rotatable bonds is 7. The van der Waals surface area contributed by atoms with Crippen LogP contribution in [0.2, 0.25) is 5.02 Å². The topological polar surface area (TPSA) is 66.5 Å². The first kappa shape index (κ1) is 19.0. The first-order chi connectivity index (χ1) is 11.9. The van der Waals surface area contributed by atoms with Crippen LogP contribution in [0.5, 0.6) is 0 Å². The number of aryl methyl sites for hydroxylation is 1. The molecule has 132 valence electrons. The maximum atomic E-state index is 13.1. The summed E-state index contributed by atoms with van der Waals surface area (Å²) in [6, 6.07) is 12.8. The molecule has 0 radical (unpaired) electrons. The van der Waals surface area contributed by atoms with E-state index in [0.29, 0.717) is 10.7 Å². The summed E-state index contributed by atoms with van der Waals surface area (Å²) in [5, 5.41) is 3.04. The van der Waals surface area contributed by atoms with Crippen LogP contribution in [-0.4, -0.2) is 27.4 Å². The Hall–Kier alpha value is -2.31. The van der Waals surface area contributed by atoms with Gasteiger partial charge in [0.25, 0.3) is 10.0 Å². The van der Waals surface area contributed by atoms with Crippen molar-refractivity contribution in [1.29, 1.82) is 0 Å². The van der Waals surface area contributed by atoms with E-state index in [1.165, 1.54) is 30.3 Å². The van der Waals surface area contributed by atoms with Gasteiger partial charge in [-0.25, -0.2) is 8.42 Å². The van der Waals surface area contributed by atoms with Gasteiger partial charge in [-0.15, -0.1) is 6.58 Å². The molecule has 2 rings (SSSR count). The molecule has 0 aromatic heterocycles. The molecule has 2 aromatic carbocycles. The summed E-state index contributed by atoms with van der Waals surface area (Å²) in [4.78, 5) is 12.2. The number of amides is 1. The van der Waals surface area contributed by atoms with E-state index in [1.54, 1.807) is 25.1 Å². The third kappa shape index (κ3) is 4.61. The molecule has 7 heteroatoms. The van der Waals surface area contributed by atoms with Crippen LogP contribution in [0.15, 0.2) is 66.1 Å². The minimum atomic E-state index is -3.93. The molecule has 25 heavy (non-hydrogen) atoms. The molecule has 0 aliphatic carbocycles. The van der Waals surface area contributed by atoms with Gasteiger partial charge in [-0.05, 0) is 42.8 Å². The lowest BCUT2D eigenvalue weighted by atomic mass is 10.2. The lowest BCUT2D eigenvalue weighted by Crippen LogP contribution is -2.41. The number of para-hydroxylation sites is 1. The number of hydrogen-bond donors (Lipinski definition) is 1. The van der Waals surface area contributed by atoms with Crippen LogP contribution in [0, 0.1) is 6.92 Å². The summed E-state index contributed by atoms with van der Waals surface area (Å²) in [7, 11) is -3.93. The Bertz CT molecular complexity index is 864. The van der Waals surface area contributed by atoms with E-state index in [4.69, 9.17) is 11.6 Å². The molecule has 1 amide bonds. The van der Waals surface area contributed by atoms with Gasteiger partial charge in [-0.3, -0.25) is 9.10 Å². The van der Waals surface area contributed by atoms with Gasteiger partial charge in [0.1, 0.15) is 6.54 Å². The number of carbonyl (C=O) groups excluding carboxylic acids is 1. The van der Waals surface area contributed by atoms with Crippen molar-refractivity contribution in [2.45, 2.75) is 11.8 Å². The van der Waals surface area contributed by atoms with Crippen LogP contribution in [0.25, 0.3) is 0 Å². The van der Waals surface area contributed by atoms with Crippen molar-refractivity contribution in [3.63, 3.8) is 0 Å². The van der Waals surface area contributed by atoms with Crippen molar-refractivity contribution in [3.8, 4) is 0 Å². The molecule has 0 unspecified atom stereocenters. The quantitative estimate of drug-likeness (QED) is 0.752. The highest BCUT2D eigenvalue weighted by Gasteiger charge is 2.27. The smallest absolute Gasteiger partial charge is 0.264 e. The van der Waals surface area contributed by atoms with Crippen LogP contribution in [0.3, 0.4) is 0 Å². The van der Waals surface area contributed by atoms with Crippen LogP contribution in [0.4, 0.5) is 5.69 Å². The molecule has 2 aromatic rings. The lowest BCUT2D eigenvalue weighted by molar-refractivity contribution is -0.119. The molecule has 0 saturated heterocycles. The monoisotopic (exact) mass is 378 g/mol. The Labute approximate surface area is 153 Å². The van der Waals surface area contributed by atoms with Crippen molar-refractivity contribution >= 4 is 33.2 Å². The van der Waals surface area contributed by atoms with Crippen molar-refractivity contribution < 1.29 is 13.2 Å². The zero-order valence-corrected chi connectivity index (χ0v) is 15.3. The van der Waals surface area contributed by atoms with Crippen molar-refractivity contribution in [3.05, 3.63) is 71.8 Å². The Morgan fingerprint density at radius 3 is 2.44 bits per heavy atom. The Morgan fingerprint density at radius 1 is 1.20 bits per heavy atom. The molecule has 0 fully saturated rings. The number of carbonyl (C=O) groups is 1. The summed E-state index contributed by atoms with van der Waals surface area (Å²) >= 11 is 5.84. The summed E-state index contributed by atoms with van der Waals surface area (Å²) < 4.78 is 27.3. The summed E-state index contributed by atoms with van der Waals surface area (Å²) in [5.74, 6) is -0.416. The zero-order chi connectivity index (χ0) is 18.4. The van der Waals surface area contributed by atoms with Gasteiger partial charge in [0.2, 0.25) is 5.91 Å². The van der Waals surface area contributed by atoms with E-state index in [1.807, 2.05) is 6.07 Å². The maximum Gasteiger partial charge on any atom is 0.264 e. The first-order valence-corrected chi connectivity index (χ1v) is 9.39. The summed E-state index contributed by atoms with van der Waals surface area (Å²) in [6.45, 7) is 5.26. The fourth-order valence-electron chi connectivity index (χ4n) is 2.25. The summed E-state index contributed by atoms with van der Waals surface area (Å²) in [6.07, 6.45) is 1.53. The second-order valence-electron chi connectivity index (χ2n) is 5.34. The molecule has 0 atom stereocenters. The molecular weight excluding hydrogens is 360 g/mol. The fraction of sp³-hybridized carbons (Fsp3) is 0.167. The van der Waals surface area contributed by atoms with Gasteiger partial charge in [-0.2, -0.15) is 0 Å². The van der Waals surface area contributed by atoms with Gasteiger partial charge >= 0.3 is 0 Å². The van der Waals surface area contributed by atoms with Crippen LogP contribution in [0.1, 0.15) is 5.56 Å². The fourth-order valence-corrected chi connectivity index (χ4v) is 3.86. The van der Waals surface area contributed by atoms with Gasteiger partial charge in [0.05, 0.1) is 10.6 Å². The van der Waals surface area contributed by atoms with Crippen LogP contribution < -0.4 is 9.62 Å². The van der Waals surface area contributed by atoms with E-state index in [0.717, 1.165) is 9.87 Å². The standard InChI is InChI=1S/C18H19ClN2O3S/c1-3-12-20-18(22)13-21(17-7-5-4-6-14(17)2)25(23,24)16-10-8-15(19)9-11-16/h3-11H,1,12-13H2,2H3,(H,20,22). The second-order valence-corrected chi connectivity index (χ2v) is 7.64.